The second-order valence-electron chi connectivity index (χ2n) is 7.74. The van der Waals surface area contributed by atoms with E-state index in [4.69, 9.17) is 4.52 Å². The fourth-order valence-corrected chi connectivity index (χ4v) is 3.94. The van der Waals surface area contributed by atoms with Crippen molar-refractivity contribution in [1.82, 2.24) is 14.7 Å². The lowest BCUT2D eigenvalue weighted by Crippen LogP contribution is -2.01. The summed E-state index contributed by atoms with van der Waals surface area (Å²) in [7, 11) is 0. The van der Waals surface area contributed by atoms with Gasteiger partial charge in [0, 0.05) is 46.4 Å². The van der Waals surface area contributed by atoms with E-state index in [0.717, 1.165) is 23.0 Å². The molecule has 0 spiro atoms. The Kier molecular flexibility index (Phi) is 4.78. The summed E-state index contributed by atoms with van der Waals surface area (Å²) < 4.78 is 7.82. The van der Waals surface area contributed by atoms with Crippen LogP contribution in [0.1, 0.15) is 16.8 Å². The van der Waals surface area contributed by atoms with Crippen molar-refractivity contribution in [3.05, 3.63) is 99.7 Å². The summed E-state index contributed by atoms with van der Waals surface area (Å²) >= 11 is 0. The zero-order valence-electron chi connectivity index (χ0n) is 17.6. The number of benzene rings is 3. The molecule has 32 heavy (non-hydrogen) atoms. The maximum absolute atomic E-state index is 10.9. The minimum absolute atomic E-state index is 0.0220. The monoisotopic (exact) mass is 424 g/mol. The van der Waals surface area contributed by atoms with Crippen LogP contribution in [0.5, 0.6) is 0 Å². The Morgan fingerprint density at radius 3 is 2.41 bits per heavy atom. The van der Waals surface area contributed by atoms with Crippen molar-refractivity contribution in [3.63, 3.8) is 0 Å². The SMILES string of the molecule is Cc1c(C)n(Cc2ccccc2)c2ccc(-c3nc(-c4ccc([N+](=O)[O-])cc4)no3)cc12. The van der Waals surface area contributed by atoms with Crippen molar-refractivity contribution >= 4 is 16.6 Å². The Morgan fingerprint density at radius 2 is 1.69 bits per heavy atom. The largest absolute Gasteiger partial charge is 0.340 e. The molecule has 5 aromatic rings. The smallest absolute Gasteiger partial charge is 0.269 e. The number of nitro groups is 1. The lowest BCUT2D eigenvalue weighted by Gasteiger charge is -2.09. The van der Waals surface area contributed by atoms with Gasteiger partial charge in [0.1, 0.15) is 0 Å². The van der Waals surface area contributed by atoms with E-state index in [2.05, 4.69) is 65.0 Å². The molecule has 5 rings (SSSR count). The third kappa shape index (κ3) is 3.43. The molecule has 0 saturated carbocycles. The number of hydrogen-bond acceptors (Lipinski definition) is 5. The number of aryl methyl sites for hydroxylation is 1. The van der Waals surface area contributed by atoms with Crippen LogP contribution in [0.25, 0.3) is 33.7 Å². The van der Waals surface area contributed by atoms with E-state index in [9.17, 15) is 10.1 Å². The van der Waals surface area contributed by atoms with E-state index < -0.39 is 4.92 Å². The number of rotatable bonds is 5. The second kappa shape index (κ2) is 7.77. The van der Waals surface area contributed by atoms with Gasteiger partial charge >= 0.3 is 0 Å². The minimum atomic E-state index is -0.436. The van der Waals surface area contributed by atoms with Crippen LogP contribution in [0.2, 0.25) is 0 Å². The van der Waals surface area contributed by atoms with Gasteiger partial charge in [0.25, 0.3) is 11.6 Å². The Bertz CT molecular complexity index is 1430. The lowest BCUT2D eigenvalue weighted by atomic mass is 10.1. The number of nitrogens with zero attached hydrogens (tertiary/aromatic N) is 4. The molecular weight excluding hydrogens is 404 g/mol. The zero-order valence-corrected chi connectivity index (χ0v) is 17.6. The van der Waals surface area contributed by atoms with Gasteiger partial charge in [0.15, 0.2) is 0 Å². The van der Waals surface area contributed by atoms with Crippen molar-refractivity contribution in [2.45, 2.75) is 20.4 Å². The Hall–Kier alpha value is -4.26. The van der Waals surface area contributed by atoms with Gasteiger partial charge in [-0.05, 0) is 55.3 Å². The molecule has 0 unspecified atom stereocenters. The summed E-state index contributed by atoms with van der Waals surface area (Å²) in [5, 5.41) is 16.1. The first-order valence-electron chi connectivity index (χ1n) is 10.2. The molecule has 0 amide bonds. The predicted octanol–water partition coefficient (Wildman–Crippen LogP) is 5.93. The molecule has 0 radical (unpaired) electrons. The van der Waals surface area contributed by atoms with Crippen LogP contribution in [0.3, 0.4) is 0 Å². The molecule has 0 fully saturated rings. The first-order valence-corrected chi connectivity index (χ1v) is 10.2. The van der Waals surface area contributed by atoms with E-state index in [0.29, 0.717) is 17.3 Å². The van der Waals surface area contributed by atoms with Gasteiger partial charge in [-0.3, -0.25) is 10.1 Å². The topological polar surface area (TPSA) is 87.0 Å². The van der Waals surface area contributed by atoms with Crippen molar-refractivity contribution in [2.75, 3.05) is 0 Å². The highest BCUT2D eigenvalue weighted by atomic mass is 16.6. The molecule has 0 aliphatic rings. The number of fused-ring (bicyclic) bond motifs is 1. The predicted molar refractivity (Wildman–Crippen MR) is 122 cm³/mol. The summed E-state index contributed by atoms with van der Waals surface area (Å²) in [5.41, 5.74) is 6.36. The van der Waals surface area contributed by atoms with E-state index >= 15 is 0 Å². The molecule has 0 aliphatic heterocycles. The molecule has 2 heterocycles. The Balaban J connectivity index is 1.49. The van der Waals surface area contributed by atoms with Gasteiger partial charge in [-0.1, -0.05) is 35.5 Å². The highest BCUT2D eigenvalue weighted by molar-refractivity contribution is 5.89. The van der Waals surface area contributed by atoms with Crippen molar-refractivity contribution in [2.24, 2.45) is 0 Å². The van der Waals surface area contributed by atoms with Crippen LogP contribution in [0, 0.1) is 24.0 Å². The molecule has 0 saturated heterocycles. The van der Waals surface area contributed by atoms with E-state index in [-0.39, 0.29) is 5.69 Å². The van der Waals surface area contributed by atoms with Crippen molar-refractivity contribution < 1.29 is 9.45 Å². The second-order valence-corrected chi connectivity index (χ2v) is 7.74. The quantitative estimate of drug-likeness (QED) is 0.258. The number of nitro benzene ring substituents is 1. The van der Waals surface area contributed by atoms with E-state index in [1.807, 2.05) is 12.1 Å². The summed E-state index contributed by atoms with van der Waals surface area (Å²) in [6.45, 7) is 5.07. The van der Waals surface area contributed by atoms with Gasteiger partial charge in [0.05, 0.1) is 4.92 Å². The third-order valence-corrected chi connectivity index (χ3v) is 5.83. The summed E-state index contributed by atoms with van der Waals surface area (Å²) in [6, 6.07) is 22.6. The van der Waals surface area contributed by atoms with Crippen LogP contribution in [-0.4, -0.2) is 19.6 Å². The molecule has 3 aromatic carbocycles. The molecule has 0 bridgehead atoms. The van der Waals surface area contributed by atoms with Crippen LogP contribution < -0.4 is 0 Å². The average Bonchev–Trinajstić information content (AvgIpc) is 3.40. The normalized spacial score (nSPS) is 11.2. The molecule has 158 valence electrons. The van der Waals surface area contributed by atoms with E-state index in [1.165, 1.54) is 29.0 Å². The molecule has 2 aromatic heterocycles. The number of hydrogen-bond donors (Lipinski definition) is 0. The Morgan fingerprint density at radius 1 is 0.969 bits per heavy atom. The highest BCUT2D eigenvalue weighted by Gasteiger charge is 2.16. The third-order valence-electron chi connectivity index (χ3n) is 5.83. The van der Waals surface area contributed by atoms with Crippen LogP contribution in [0.4, 0.5) is 5.69 Å². The summed E-state index contributed by atoms with van der Waals surface area (Å²) in [6.07, 6.45) is 0. The van der Waals surface area contributed by atoms with Gasteiger partial charge in [0.2, 0.25) is 5.82 Å². The van der Waals surface area contributed by atoms with Gasteiger partial charge in [-0.25, -0.2) is 0 Å². The van der Waals surface area contributed by atoms with Crippen molar-refractivity contribution in [3.8, 4) is 22.8 Å². The molecule has 0 atom stereocenters. The molecule has 7 nitrogen and oxygen atoms in total. The van der Waals surface area contributed by atoms with Crippen LogP contribution in [0.15, 0.2) is 77.3 Å². The van der Waals surface area contributed by atoms with E-state index in [1.54, 1.807) is 12.1 Å². The maximum atomic E-state index is 10.9. The molecular formula is C25H20N4O3. The molecule has 7 heteroatoms. The Labute approximate surface area is 184 Å². The maximum Gasteiger partial charge on any atom is 0.269 e. The summed E-state index contributed by atoms with van der Waals surface area (Å²) in [4.78, 5) is 14.9. The zero-order chi connectivity index (χ0) is 22.2. The number of non-ortho nitro benzene ring substituents is 1. The first-order chi connectivity index (χ1) is 15.5. The standard InChI is InChI=1S/C25H20N4O3/c1-16-17(2)28(15-18-6-4-3-5-7-18)23-13-10-20(14-22(16)23)25-26-24(27-32-25)19-8-11-21(12-9-19)29(30)31/h3-14H,15H2,1-2H3. The minimum Gasteiger partial charge on any atom is -0.340 e. The van der Waals surface area contributed by atoms with Crippen molar-refractivity contribution in [1.29, 1.82) is 0 Å². The summed E-state index contributed by atoms with van der Waals surface area (Å²) in [5.74, 6) is 0.803. The fraction of sp³-hybridized carbons (Fsp3) is 0.120. The van der Waals surface area contributed by atoms with Crippen LogP contribution >= 0.6 is 0 Å². The molecule has 0 aliphatic carbocycles. The highest BCUT2D eigenvalue weighted by Crippen LogP contribution is 2.31. The molecule has 0 N–H and O–H groups in total. The van der Waals surface area contributed by atoms with Crippen LogP contribution in [-0.2, 0) is 6.54 Å². The van der Waals surface area contributed by atoms with Gasteiger partial charge in [-0.15, -0.1) is 0 Å². The first kappa shape index (κ1) is 19.7. The van der Waals surface area contributed by atoms with Gasteiger partial charge in [-0.2, -0.15) is 4.98 Å². The average molecular weight is 424 g/mol. The lowest BCUT2D eigenvalue weighted by molar-refractivity contribution is -0.384. The van der Waals surface area contributed by atoms with Gasteiger partial charge < -0.3 is 9.09 Å². The fourth-order valence-electron chi connectivity index (χ4n) is 3.94. The number of aromatic nitrogens is 3.